The van der Waals surface area contributed by atoms with E-state index in [2.05, 4.69) is 13.8 Å². The van der Waals surface area contributed by atoms with E-state index >= 15 is 0 Å². The van der Waals surface area contributed by atoms with Crippen molar-refractivity contribution in [3.8, 4) is 0 Å². The lowest BCUT2D eigenvalue weighted by molar-refractivity contribution is 0.0635. The maximum absolute atomic E-state index is 13.2. The average Bonchev–Trinajstić information content (AvgIpc) is 2.90. The second kappa shape index (κ2) is 6.66. The van der Waals surface area contributed by atoms with E-state index in [-0.39, 0.29) is 23.6 Å². The molecule has 4 amide bonds. The fourth-order valence-corrected chi connectivity index (χ4v) is 6.43. The van der Waals surface area contributed by atoms with Crippen molar-refractivity contribution in [2.24, 2.45) is 0 Å². The van der Waals surface area contributed by atoms with Gasteiger partial charge in [-0.15, -0.1) is 0 Å². The van der Waals surface area contributed by atoms with E-state index in [4.69, 9.17) is 0 Å². The number of amides is 4. The molecule has 7 rings (SSSR count). The quantitative estimate of drug-likeness (QED) is 0.197. The Hall–Kier alpha value is -4.32. The summed E-state index contributed by atoms with van der Waals surface area (Å²) < 4.78 is 0. The summed E-state index contributed by atoms with van der Waals surface area (Å²) in [5.41, 5.74) is 4.14. The number of hydrogen-bond acceptors (Lipinski definition) is 4. The Labute approximate surface area is 206 Å². The Morgan fingerprint density at radius 3 is 1.22 bits per heavy atom. The van der Waals surface area contributed by atoms with Gasteiger partial charge in [-0.05, 0) is 80.6 Å². The number of aryl methyl sites for hydroxylation is 2. The standard InChI is InChI=1S/C30H22N2O4/c1-5-13-11-19-23-17(27(33)31(3)29(19)35)10-8-16-22-14(6-2)12-20-24-18(28(34)32(4)30(20)36)9-7-15(26(22)24)21(13)25(16)23/h7-12H,5-6H2,1-4H3. The molecule has 0 radical (unpaired) electrons. The van der Waals surface area contributed by atoms with Gasteiger partial charge in [0, 0.05) is 47.1 Å². The molecule has 0 N–H and O–H groups in total. The van der Waals surface area contributed by atoms with Crippen LogP contribution in [0.2, 0.25) is 0 Å². The lowest BCUT2D eigenvalue weighted by atomic mass is 9.79. The van der Waals surface area contributed by atoms with Crippen molar-refractivity contribution in [2.75, 3.05) is 14.1 Å². The first kappa shape index (κ1) is 21.0. The van der Waals surface area contributed by atoms with Gasteiger partial charge in [0.05, 0.1) is 0 Å². The number of nitrogens with zero attached hydrogens (tertiary/aromatic N) is 2. The van der Waals surface area contributed by atoms with Crippen LogP contribution in [-0.2, 0) is 12.8 Å². The molecule has 0 saturated carbocycles. The maximum atomic E-state index is 13.2. The Morgan fingerprint density at radius 2 is 0.861 bits per heavy atom. The van der Waals surface area contributed by atoms with Crippen molar-refractivity contribution in [1.29, 1.82) is 0 Å². The molecule has 0 saturated heterocycles. The number of rotatable bonds is 2. The molecule has 0 atom stereocenters. The van der Waals surface area contributed by atoms with Gasteiger partial charge in [0.15, 0.2) is 0 Å². The minimum Gasteiger partial charge on any atom is -0.277 e. The highest BCUT2D eigenvalue weighted by atomic mass is 16.2. The topological polar surface area (TPSA) is 74.8 Å². The largest absolute Gasteiger partial charge is 0.277 e. The van der Waals surface area contributed by atoms with E-state index in [0.717, 1.165) is 43.4 Å². The molecular weight excluding hydrogens is 452 g/mol. The van der Waals surface area contributed by atoms with E-state index in [0.29, 0.717) is 45.9 Å². The highest BCUT2D eigenvalue weighted by Gasteiger charge is 2.36. The van der Waals surface area contributed by atoms with Crippen LogP contribution in [0.3, 0.4) is 0 Å². The van der Waals surface area contributed by atoms with Gasteiger partial charge < -0.3 is 0 Å². The lowest BCUT2D eigenvalue weighted by Crippen LogP contribution is -2.37. The predicted molar refractivity (Wildman–Crippen MR) is 139 cm³/mol. The van der Waals surface area contributed by atoms with Crippen LogP contribution in [0.1, 0.15) is 66.4 Å². The zero-order valence-electron chi connectivity index (χ0n) is 20.4. The molecule has 0 spiro atoms. The summed E-state index contributed by atoms with van der Waals surface area (Å²) in [6.07, 6.45) is 1.37. The highest BCUT2D eigenvalue weighted by molar-refractivity contribution is 6.42. The van der Waals surface area contributed by atoms with Crippen LogP contribution in [0.5, 0.6) is 0 Å². The number of hydrogen-bond donors (Lipinski definition) is 0. The van der Waals surface area contributed by atoms with Crippen molar-refractivity contribution in [3.63, 3.8) is 0 Å². The van der Waals surface area contributed by atoms with Crippen LogP contribution in [0.4, 0.5) is 0 Å². The fraction of sp³-hybridized carbons (Fsp3) is 0.200. The Bertz CT molecular complexity index is 1780. The molecule has 5 aromatic carbocycles. The second-order valence-electron chi connectivity index (χ2n) is 9.78. The van der Waals surface area contributed by atoms with Crippen molar-refractivity contribution >= 4 is 66.7 Å². The van der Waals surface area contributed by atoms with Crippen LogP contribution >= 0.6 is 0 Å². The molecule has 5 aromatic rings. The zero-order valence-corrected chi connectivity index (χ0v) is 20.4. The highest BCUT2D eigenvalue weighted by Crippen LogP contribution is 2.48. The molecule has 0 fully saturated rings. The van der Waals surface area contributed by atoms with Crippen molar-refractivity contribution in [1.82, 2.24) is 9.80 Å². The molecule has 2 aliphatic heterocycles. The molecule has 36 heavy (non-hydrogen) atoms. The van der Waals surface area contributed by atoms with Crippen LogP contribution < -0.4 is 0 Å². The van der Waals surface area contributed by atoms with Gasteiger partial charge in [-0.3, -0.25) is 29.0 Å². The summed E-state index contributed by atoms with van der Waals surface area (Å²) in [5, 5.41) is 7.06. The summed E-state index contributed by atoms with van der Waals surface area (Å²) in [6.45, 7) is 4.10. The molecule has 6 heteroatoms. The van der Waals surface area contributed by atoms with Gasteiger partial charge in [-0.1, -0.05) is 26.0 Å². The summed E-state index contributed by atoms with van der Waals surface area (Å²) in [6, 6.07) is 11.4. The summed E-state index contributed by atoms with van der Waals surface area (Å²) >= 11 is 0. The fourth-order valence-electron chi connectivity index (χ4n) is 6.43. The number of carbonyl (C=O) groups excluding carboxylic acids is 4. The molecule has 2 heterocycles. The van der Waals surface area contributed by atoms with Crippen molar-refractivity contribution < 1.29 is 19.2 Å². The first-order valence-electron chi connectivity index (χ1n) is 12.2. The van der Waals surface area contributed by atoms with E-state index in [9.17, 15) is 19.2 Å². The molecule has 176 valence electrons. The minimum absolute atomic E-state index is 0.295. The van der Waals surface area contributed by atoms with E-state index < -0.39 is 0 Å². The smallest absolute Gasteiger partial charge is 0.261 e. The Morgan fingerprint density at radius 1 is 0.500 bits per heavy atom. The predicted octanol–water partition coefficient (Wildman–Crippen LogP) is 5.31. The maximum Gasteiger partial charge on any atom is 0.261 e. The van der Waals surface area contributed by atoms with E-state index in [1.807, 2.05) is 36.4 Å². The molecule has 0 unspecified atom stereocenters. The van der Waals surface area contributed by atoms with Crippen molar-refractivity contribution in [3.05, 3.63) is 69.8 Å². The lowest BCUT2D eigenvalue weighted by Gasteiger charge is -2.29. The third-order valence-electron chi connectivity index (χ3n) is 8.17. The molecule has 0 bridgehead atoms. The molecule has 2 aliphatic rings. The van der Waals surface area contributed by atoms with Gasteiger partial charge in [0.25, 0.3) is 23.6 Å². The van der Waals surface area contributed by atoms with E-state index in [1.54, 1.807) is 0 Å². The molecule has 0 aromatic heterocycles. The monoisotopic (exact) mass is 474 g/mol. The normalized spacial score (nSPS) is 15.6. The number of benzene rings is 5. The second-order valence-corrected chi connectivity index (χ2v) is 9.78. The Balaban J connectivity index is 1.84. The first-order valence-corrected chi connectivity index (χ1v) is 12.2. The van der Waals surface area contributed by atoms with Crippen LogP contribution in [-0.4, -0.2) is 47.5 Å². The van der Waals surface area contributed by atoms with Crippen molar-refractivity contribution in [2.45, 2.75) is 26.7 Å². The number of fused-ring (bicyclic) bond motifs is 2. The Kier molecular flexibility index (Phi) is 3.89. The zero-order chi connectivity index (χ0) is 25.2. The summed E-state index contributed by atoms with van der Waals surface area (Å²) in [5.74, 6) is -1.20. The summed E-state index contributed by atoms with van der Waals surface area (Å²) in [7, 11) is 3.05. The third-order valence-corrected chi connectivity index (χ3v) is 8.17. The molecular formula is C30H22N2O4. The summed E-state index contributed by atoms with van der Waals surface area (Å²) in [4.78, 5) is 55.1. The van der Waals surface area contributed by atoms with Crippen LogP contribution in [0.15, 0.2) is 36.4 Å². The van der Waals surface area contributed by atoms with Gasteiger partial charge in [0.1, 0.15) is 0 Å². The number of imide groups is 2. The van der Waals surface area contributed by atoms with Crippen LogP contribution in [0.25, 0.3) is 43.1 Å². The molecule has 0 aliphatic carbocycles. The molecule has 6 nitrogen and oxygen atoms in total. The van der Waals surface area contributed by atoms with Gasteiger partial charge in [0.2, 0.25) is 0 Å². The average molecular weight is 475 g/mol. The number of carbonyl (C=O) groups is 4. The van der Waals surface area contributed by atoms with E-state index in [1.165, 1.54) is 23.9 Å². The van der Waals surface area contributed by atoms with Gasteiger partial charge >= 0.3 is 0 Å². The first-order chi connectivity index (χ1) is 17.3. The SMILES string of the molecule is CCc1cc2c3c(ccc4c5c(CC)cc6c7c(ccc(c1c34)c75)C(=O)N(C)C6=O)C(=O)N(C)C2=O. The van der Waals surface area contributed by atoms with Gasteiger partial charge in [-0.25, -0.2) is 0 Å². The van der Waals surface area contributed by atoms with Crippen LogP contribution in [0, 0.1) is 0 Å². The van der Waals surface area contributed by atoms with Gasteiger partial charge in [-0.2, -0.15) is 0 Å². The minimum atomic E-state index is -0.305. The third kappa shape index (κ3) is 2.19.